The van der Waals surface area contributed by atoms with Gasteiger partial charge in [0.1, 0.15) is 5.82 Å². The van der Waals surface area contributed by atoms with Crippen LogP contribution in [0, 0.1) is 6.92 Å². The number of hydrogen-bond donors (Lipinski definition) is 1. The van der Waals surface area contributed by atoms with E-state index in [1.165, 1.54) is 18.4 Å². The second kappa shape index (κ2) is 7.33. The average Bonchev–Trinajstić information content (AvgIpc) is 2.56. The fourth-order valence-electron chi connectivity index (χ4n) is 1.89. The van der Waals surface area contributed by atoms with Crippen molar-refractivity contribution in [2.75, 3.05) is 18.5 Å². The second-order valence-corrected chi connectivity index (χ2v) is 4.33. The van der Waals surface area contributed by atoms with Gasteiger partial charge in [-0.05, 0) is 20.3 Å². The third-order valence-corrected chi connectivity index (χ3v) is 2.83. The van der Waals surface area contributed by atoms with Crippen LogP contribution in [0.3, 0.4) is 0 Å². The van der Waals surface area contributed by atoms with Crippen molar-refractivity contribution in [2.45, 2.75) is 46.6 Å². The van der Waals surface area contributed by atoms with Gasteiger partial charge in [0.25, 0.3) is 0 Å². The fourth-order valence-corrected chi connectivity index (χ4v) is 1.89. The quantitative estimate of drug-likeness (QED) is 0.709. The monoisotopic (exact) mass is 239 g/mol. The van der Waals surface area contributed by atoms with Gasteiger partial charge in [0.05, 0.1) is 12.3 Å². The predicted molar refractivity (Wildman–Crippen MR) is 71.3 cm³/mol. The van der Waals surface area contributed by atoms with Gasteiger partial charge in [-0.25, -0.2) is 0 Å². The smallest absolute Gasteiger partial charge is 0.129 e. The van der Waals surface area contributed by atoms with Crippen LogP contribution in [0.1, 0.15) is 44.4 Å². The topological polar surface area (TPSA) is 39.1 Å². The van der Waals surface area contributed by atoms with Gasteiger partial charge in [-0.3, -0.25) is 4.68 Å². The van der Waals surface area contributed by atoms with Crippen LogP contribution in [-0.4, -0.2) is 22.9 Å². The lowest BCUT2D eigenvalue weighted by molar-refractivity contribution is 0.117. The molecule has 0 aliphatic rings. The summed E-state index contributed by atoms with van der Waals surface area (Å²) in [6.45, 7) is 8.73. The molecular formula is C13H25N3O. The lowest BCUT2D eigenvalue weighted by Gasteiger charge is -2.08. The number of anilines is 1. The first-order chi connectivity index (χ1) is 8.20. The molecule has 0 fully saturated rings. The Morgan fingerprint density at radius 1 is 1.29 bits per heavy atom. The van der Waals surface area contributed by atoms with Gasteiger partial charge in [0, 0.05) is 25.8 Å². The number of rotatable bonds is 8. The van der Waals surface area contributed by atoms with Crippen molar-refractivity contribution in [2.24, 2.45) is 7.05 Å². The molecule has 1 aromatic rings. The molecule has 0 saturated heterocycles. The van der Waals surface area contributed by atoms with Gasteiger partial charge in [-0.15, -0.1) is 0 Å². The third kappa shape index (κ3) is 4.04. The van der Waals surface area contributed by atoms with Crippen molar-refractivity contribution in [1.29, 1.82) is 0 Å². The minimum absolute atomic E-state index is 0.658. The molecule has 17 heavy (non-hydrogen) atoms. The van der Waals surface area contributed by atoms with Crippen molar-refractivity contribution in [3.8, 4) is 0 Å². The molecule has 4 nitrogen and oxygen atoms in total. The summed E-state index contributed by atoms with van der Waals surface area (Å²) in [4.78, 5) is 0. The molecule has 1 aromatic heterocycles. The van der Waals surface area contributed by atoms with Crippen LogP contribution in [-0.2, 0) is 18.4 Å². The molecular weight excluding hydrogens is 214 g/mol. The Hall–Kier alpha value is -1.03. The summed E-state index contributed by atoms with van der Waals surface area (Å²) in [5.74, 6) is 1.08. The van der Waals surface area contributed by atoms with E-state index in [1.807, 2.05) is 18.7 Å². The first kappa shape index (κ1) is 14.0. The molecule has 0 amide bonds. The minimum atomic E-state index is 0.658. The number of nitrogens with one attached hydrogen (secondary N) is 1. The summed E-state index contributed by atoms with van der Waals surface area (Å²) in [6.07, 6.45) is 3.62. The van der Waals surface area contributed by atoms with Gasteiger partial charge in [0.2, 0.25) is 0 Å². The van der Waals surface area contributed by atoms with Gasteiger partial charge in [-0.1, -0.05) is 19.8 Å². The Bertz CT molecular complexity index is 334. The first-order valence-electron chi connectivity index (χ1n) is 6.54. The van der Waals surface area contributed by atoms with Crippen LogP contribution in [0.4, 0.5) is 5.82 Å². The molecule has 1 heterocycles. The van der Waals surface area contributed by atoms with Crippen molar-refractivity contribution in [3.05, 3.63) is 11.3 Å². The lowest BCUT2D eigenvalue weighted by atomic mass is 10.2. The summed E-state index contributed by atoms with van der Waals surface area (Å²) in [6, 6.07) is 0. The molecule has 1 rings (SSSR count). The fraction of sp³-hybridized carbons (Fsp3) is 0.769. The van der Waals surface area contributed by atoms with Crippen molar-refractivity contribution < 1.29 is 4.74 Å². The van der Waals surface area contributed by atoms with Crippen molar-refractivity contribution in [3.63, 3.8) is 0 Å². The zero-order chi connectivity index (χ0) is 12.7. The summed E-state index contributed by atoms with van der Waals surface area (Å²) >= 11 is 0. The Balaban J connectivity index is 2.51. The van der Waals surface area contributed by atoms with Crippen LogP contribution < -0.4 is 5.32 Å². The number of aromatic nitrogens is 2. The van der Waals surface area contributed by atoms with Crippen LogP contribution in [0.15, 0.2) is 0 Å². The lowest BCUT2D eigenvalue weighted by Crippen LogP contribution is -2.06. The maximum atomic E-state index is 5.71. The van der Waals surface area contributed by atoms with E-state index in [4.69, 9.17) is 4.74 Å². The molecule has 0 aromatic carbocycles. The zero-order valence-corrected chi connectivity index (χ0v) is 11.5. The highest BCUT2D eigenvalue weighted by atomic mass is 16.5. The molecule has 4 heteroatoms. The normalized spacial score (nSPS) is 10.8. The van der Waals surface area contributed by atoms with Gasteiger partial charge in [-0.2, -0.15) is 5.10 Å². The van der Waals surface area contributed by atoms with E-state index in [0.717, 1.165) is 31.1 Å². The van der Waals surface area contributed by atoms with Gasteiger partial charge in [0.15, 0.2) is 0 Å². The highest BCUT2D eigenvalue weighted by Crippen LogP contribution is 2.19. The number of nitrogens with zero attached hydrogens (tertiary/aromatic N) is 2. The standard InChI is InChI=1S/C13H25N3O/c1-5-7-8-9-17-10-12-11(3)15-16(4)13(12)14-6-2/h14H,5-10H2,1-4H3. The van der Waals surface area contributed by atoms with Gasteiger partial charge >= 0.3 is 0 Å². The van der Waals surface area contributed by atoms with E-state index in [1.54, 1.807) is 0 Å². The molecule has 1 N–H and O–H groups in total. The highest BCUT2D eigenvalue weighted by molar-refractivity contribution is 5.47. The van der Waals surface area contributed by atoms with Crippen LogP contribution >= 0.6 is 0 Å². The number of unbranched alkanes of at least 4 members (excludes halogenated alkanes) is 2. The molecule has 0 aliphatic heterocycles. The molecule has 0 bridgehead atoms. The summed E-state index contributed by atoms with van der Waals surface area (Å²) < 4.78 is 7.60. The first-order valence-corrected chi connectivity index (χ1v) is 6.54. The molecule has 0 aliphatic carbocycles. The number of aryl methyl sites for hydroxylation is 2. The Morgan fingerprint density at radius 2 is 2.06 bits per heavy atom. The minimum Gasteiger partial charge on any atom is -0.377 e. The number of ether oxygens (including phenoxy) is 1. The largest absolute Gasteiger partial charge is 0.377 e. The van der Waals surface area contributed by atoms with E-state index in [0.29, 0.717) is 6.61 Å². The maximum absolute atomic E-state index is 5.71. The SMILES string of the molecule is CCCCCOCc1c(C)nn(C)c1NCC. The molecule has 0 spiro atoms. The third-order valence-electron chi connectivity index (χ3n) is 2.83. The Labute approximate surface area is 104 Å². The predicted octanol–water partition coefficient (Wildman–Crippen LogP) is 2.87. The highest BCUT2D eigenvalue weighted by Gasteiger charge is 2.12. The summed E-state index contributed by atoms with van der Waals surface area (Å²) in [5.41, 5.74) is 2.24. The van der Waals surface area contributed by atoms with E-state index in [9.17, 15) is 0 Å². The van der Waals surface area contributed by atoms with Gasteiger partial charge < -0.3 is 10.1 Å². The zero-order valence-electron chi connectivity index (χ0n) is 11.5. The van der Waals surface area contributed by atoms with Crippen LogP contribution in [0.5, 0.6) is 0 Å². The van der Waals surface area contributed by atoms with Crippen LogP contribution in [0.2, 0.25) is 0 Å². The van der Waals surface area contributed by atoms with Crippen molar-refractivity contribution >= 4 is 5.82 Å². The Morgan fingerprint density at radius 3 is 2.71 bits per heavy atom. The summed E-state index contributed by atoms with van der Waals surface area (Å²) in [5, 5.41) is 7.76. The molecule has 98 valence electrons. The van der Waals surface area contributed by atoms with E-state index in [2.05, 4.69) is 24.3 Å². The molecule has 0 unspecified atom stereocenters. The van der Waals surface area contributed by atoms with E-state index < -0.39 is 0 Å². The second-order valence-electron chi connectivity index (χ2n) is 4.33. The molecule has 0 saturated carbocycles. The Kier molecular flexibility index (Phi) is 6.05. The van der Waals surface area contributed by atoms with Crippen molar-refractivity contribution in [1.82, 2.24) is 9.78 Å². The average molecular weight is 239 g/mol. The van der Waals surface area contributed by atoms with E-state index in [-0.39, 0.29) is 0 Å². The van der Waals surface area contributed by atoms with Crippen LogP contribution in [0.25, 0.3) is 0 Å². The maximum Gasteiger partial charge on any atom is 0.129 e. The van der Waals surface area contributed by atoms with E-state index >= 15 is 0 Å². The molecule has 0 radical (unpaired) electrons. The summed E-state index contributed by atoms with van der Waals surface area (Å²) in [7, 11) is 1.96. The molecule has 0 atom stereocenters. The number of hydrogen-bond acceptors (Lipinski definition) is 3.